The molecule has 0 saturated heterocycles. The number of amides is 1. The van der Waals surface area contributed by atoms with Gasteiger partial charge in [0, 0.05) is 36.8 Å². The van der Waals surface area contributed by atoms with Crippen LogP contribution in [-0.2, 0) is 13.2 Å². The molecule has 0 aliphatic carbocycles. The van der Waals surface area contributed by atoms with Gasteiger partial charge in [-0.15, -0.1) is 0 Å². The second-order valence-corrected chi connectivity index (χ2v) is 9.53. The van der Waals surface area contributed by atoms with Crippen LogP contribution in [0.3, 0.4) is 0 Å². The van der Waals surface area contributed by atoms with E-state index in [1.165, 1.54) is 0 Å². The van der Waals surface area contributed by atoms with Crippen molar-refractivity contribution in [3.8, 4) is 11.5 Å². The van der Waals surface area contributed by atoms with Crippen LogP contribution in [0.2, 0.25) is 20.1 Å². The molecule has 0 saturated carbocycles. The van der Waals surface area contributed by atoms with Crippen LogP contribution in [-0.4, -0.2) is 12.1 Å². The smallest absolute Gasteiger partial charge is 0.271 e. The van der Waals surface area contributed by atoms with Crippen LogP contribution in [0.4, 0.5) is 0 Å². The number of carbonyl (C=O) groups excluding carboxylic acids is 1. The van der Waals surface area contributed by atoms with Crippen LogP contribution in [0.5, 0.6) is 11.5 Å². The summed E-state index contributed by atoms with van der Waals surface area (Å²) in [7, 11) is 0. The first-order chi connectivity index (χ1) is 17.9. The van der Waals surface area contributed by atoms with E-state index < -0.39 is 0 Å². The average molecular weight is 574 g/mol. The molecule has 0 atom stereocenters. The minimum Gasteiger partial charge on any atom is -0.489 e. The van der Waals surface area contributed by atoms with E-state index in [-0.39, 0.29) is 12.5 Å². The third-order valence-corrected chi connectivity index (χ3v) is 6.37. The fraction of sp³-hybridized carbons (Fsp3) is 0.0714. The number of benzene rings is 4. The number of carbonyl (C=O) groups is 1. The molecule has 1 N–H and O–H groups in total. The van der Waals surface area contributed by atoms with Gasteiger partial charge in [0.05, 0.1) is 6.21 Å². The number of hydrogen-bond acceptors (Lipinski definition) is 4. The molecule has 1 amide bonds. The van der Waals surface area contributed by atoms with Crippen molar-refractivity contribution in [2.75, 3.05) is 0 Å². The summed E-state index contributed by atoms with van der Waals surface area (Å²) in [5.41, 5.74) is 5.40. The topological polar surface area (TPSA) is 59.9 Å². The molecule has 4 aromatic rings. The molecule has 0 heterocycles. The lowest BCUT2D eigenvalue weighted by Gasteiger charge is -2.09. The molecule has 188 valence electrons. The maximum absolute atomic E-state index is 12.4. The highest BCUT2D eigenvalue weighted by molar-refractivity contribution is 6.35. The number of ether oxygens (including phenoxy) is 2. The van der Waals surface area contributed by atoms with E-state index >= 15 is 0 Å². The fourth-order valence-electron chi connectivity index (χ4n) is 3.18. The highest BCUT2D eigenvalue weighted by Gasteiger charge is 2.07. The van der Waals surface area contributed by atoms with Crippen LogP contribution in [0, 0.1) is 0 Å². The molecule has 4 rings (SSSR count). The molecule has 0 unspecified atom stereocenters. The Kier molecular flexibility index (Phi) is 9.31. The Labute approximate surface area is 234 Å². The lowest BCUT2D eigenvalue weighted by molar-refractivity contribution is 0.0955. The van der Waals surface area contributed by atoms with Crippen molar-refractivity contribution in [3.05, 3.63) is 127 Å². The highest BCUT2D eigenvalue weighted by Crippen LogP contribution is 2.24. The van der Waals surface area contributed by atoms with E-state index in [0.717, 1.165) is 16.7 Å². The molecule has 0 fully saturated rings. The van der Waals surface area contributed by atoms with Gasteiger partial charge < -0.3 is 9.47 Å². The predicted octanol–water partition coefficient (Wildman–Crippen LogP) is 8.22. The Hall–Kier alpha value is -3.22. The molecule has 37 heavy (non-hydrogen) atoms. The molecule has 0 spiro atoms. The summed E-state index contributed by atoms with van der Waals surface area (Å²) in [5, 5.41) is 6.25. The van der Waals surface area contributed by atoms with E-state index in [1.807, 2.05) is 36.4 Å². The first-order valence-corrected chi connectivity index (χ1v) is 12.6. The molecule has 0 aromatic heterocycles. The average Bonchev–Trinajstić information content (AvgIpc) is 2.89. The normalized spacial score (nSPS) is 10.9. The van der Waals surface area contributed by atoms with Crippen molar-refractivity contribution in [3.63, 3.8) is 0 Å². The van der Waals surface area contributed by atoms with Crippen LogP contribution in [0.25, 0.3) is 0 Å². The molecule has 0 bridgehead atoms. The van der Waals surface area contributed by atoms with Gasteiger partial charge in [0.25, 0.3) is 5.91 Å². The molecule has 0 aliphatic rings. The van der Waals surface area contributed by atoms with E-state index in [0.29, 0.717) is 43.8 Å². The van der Waals surface area contributed by atoms with Crippen molar-refractivity contribution in [2.45, 2.75) is 13.2 Å². The Bertz CT molecular complexity index is 1410. The number of hydrogen-bond donors (Lipinski definition) is 1. The van der Waals surface area contributed by atoms with Gasteiger partial charge >= 0.3 is 0 Å². The number of nitrogens with one attached hydrogen (secondary N) is 1. The monoisotopic (exact) mass is 572 g/mol. The lowest BCUT2D eigenvalue weighted by atomic mass is 10.2. The molecular weight excluding hydrogens is 554 g/mol. The molecule has 9 heteroatoms. The summed E-state index contributed by atoms with van der Waals surface area (Å²) in [6.07, 6.45) is 1.55. The number of rotatable bonds is 9. The predicted molar refractivity (Wildman–Crippen MR) is 150 cm³/mol. The molecular formula is C28H20Cl4N2O3. The van der Waals surface area contributed by atoms with E-state index in [2.05, 4.69) is 10.5 Å². The van der Waals surface area contributed by atoms with Gasteiger partial charge in [-0.05, 0) is 78.4 Å². The summed E-state index contributed by atoms with van der Waals surface area (Å²) in [6, 6.07) is 24.5. The number of halogens is 4. The van der Waals surface area contributed by atoms with Gasteiger partial charge in [0.15, 0.2) is 0 Å². The zero-order valence-corrected chi connectivity index (χ0v) is 22.3. The van der Waals surface area contributed by atoms with Crippen LogP contribution < -0.4 is 14.9 Å². The standard InChI is InChI=1S/C28H20Cl4N2O3/c29-22-7-3-20(26(31)13-22)16-36-24-9-1-18(2-10-24)15-33-34-28(35)19-5-11-25(12-6-19)37-17-21-4-8-23(30)14-27(21)32/h1-15H,16-17H2,(H,34,35)/b33-15+. The second kappa shape index (κ2) is 12.8. The number of nitrogens with zero attached hydrogens (tertiary/aromatic N) is 1. The Morgan fingerprint density at radius 2 is 1.19 bits per heavy atom. The maximum atomic E-state index is 12.4. The minimum atomic E-state index is -0.344. The van der Waals surface area contributed by atoms with E-state index in [4.69, 9.17) is 55.9 Å². The zero-order chi connectivity index (χ0) is 26.2. The largest absolute Gasteiger partial charge is 0.489 e. The first kappa shape index (κ1) is 26.8. The summed E-state index contributed by atoms with van der Waals surface area (Å²) in [4.78, 5) is 12.4. The van der Waals surface area contributed by atoms with Crippen molar-refractivity contribution in [1.29, 1.82) is 0 Å². The summed E-state index contributed by atoms with van der Waals surface area (Å²) in [5.74, 6) is 0.933. The Balaban J connectivity index is 1.24. The lowest BCUT2D eigenvalue weighted by Crippen LogP contribution is -2.17. The van der Waals surface area contributed by atoms with Crippen LogP contribution in [0.1, 0.15) is 27.0 Å². The quantitative estimate of drug-likeness (QED) is 0.162. The Morgan fingerprint density at radius 3 is 1.68 bits per heavy atom. The molecule has 4 aromatic carbocycles. The van der Waals surface area contributed by atoms with E-state index in [1.54, 1.807) is 54.7 Å². The Morgan fingerprint density at radius 1 is 0.703 bits per heavy atom. The van der Waals surface area contributed by atoms with Crippen molar-refractivity contribution in [1.82, 2.24) is 5.43 Å². The summed E-state index contributed by atoms with van der Waals surface area (Å²) >= 11 is 24.2. The molecule has 0 radical (unpaired) electrons. The van der Waals surface area contributed by atoms with Crippen molar-refractivity contribution >= 4 is 58.5 Å². The molecule has 0 aliphatic heterocycles. The summed E-state index contributed by atoms with van der Waals surface area (Å²) in [6.45, 7) is 0.600. The zero-order valence-electron chi connectivity index (χ0n) is 19.3. The van der Waals surface area contributed by atoms with Gasteiger partial charge in [0.1, 0.15) is 24.7 Å². The fourth-order valence-corrected chi connectivity index (χ4v) is 4.11. The SMILES string of the molecule is O=C(N/N=C/c1ccc(OCc2ccc(Cl)cc2Cl)cc1)c1ccc(OCc2ccc(Cl)cc2Cl)cc1. The molecule has 5 nitrogen and oxygen atoms in total. The van der Waals surface area contributed by atoms with Gasteiger partial charge in [-0.1, -0.05) is 58.5 Å². The third kappa shape index (κ3) is 7.88. The maximum Gasteiger partial charge on any atom is 0.271 e. The van der Waals surface area contributed by atoms with Crippen LogP contribution >= 0.6 is 46.4 Å². The third-order valence-electron chi connectivity index (χ3n) is 5.20. The van der Waals surface area contributed by atoms with Crippen LogP contribution in [0.15, 0.2) is 90.0 Å². The van der Waals surface area contributed by atoms with Gasteiger partial charge in [-0.2, -0.15) is 5.10 Å². The van der Waals surface area contributed by atoms with Gasteiger partial charge in [-0.25, -0.2) is 5.43 Å². The van der Waals surface area contributed by atoms with E-state index in [9.17, 15) is 4.79 Å². The van der Waals surface area contributed by atoms with Gasteiger partial charge in [-0.3, -0.25) is 4.79 Å². The summed E-state index contributed by atoms with van der Waals surface area (Å²) < 4.78 is 11.5. The van der Waals surface area contributed by atoms with Crippen molar-refractivity contribution < 1.29 is 14.3 Å². The highest BCUT2D eigenvalue weighted by atomic mass is 35.5. The number of hydrazone groups is 1. The van der Waals surface area contributed by atoms with Gasteiger partial charge in [0.2, 0.25) is 0 Å². The first-order valence-electron chi connectivity index (χ1n) is 11.0. The second-order valence-electron chi connectivity index (χ2n) is 7.84. The minimum absolute atomic E-state index is 0.282. The van der Waals surface area contributed by atoms with Crippen molar-refractivity contribution in [2.24, 2.45) is 5.10 Å².